The molecule has 0 spiro atoms. The molecule has 0 aliphatic carbocycles. The maximum absolute atomic E-state index is 12.5. The number of carbonyl (C=O) groups excluding carboxylic acids is 2. The van der Waals surface area contributed by atoms with Crippen molar-refractivity contribution in [1.29, 1.82) is 0 Å². The maximum atomic E-state index is 12.5. The van der Waals surface area contributed by atoms with Crippen LogP contribution < -0.4 is 10.2 Å². The second-order valence-corrected chi connectivity index (χ2v) is 7.42. The minimum Gasteiger partial charge on any atom is -0.478 e. The molecule has 0 bridgehead atoms. The van der Waals surface area contributed by atoms with E-state index in [1.165, 1.54) is 6.07 Å². The van der Waals surface area contributed by atoms with E-state index in [1.54, 1.807) is 43.3 Å². The summed E-state index contributed by atoms with van der Waals surface area (Å²) in [6.07, 6.45) is 1.47. The monoisotopic (exact) mass is 430 g/mol. The molecule has 2 N–H and O–H groups in total. The van der Waals surface area contributed by atoms with E-state index in [2.05, 4.69) is 5.32 Å². The van der Waals surface area contributed by atoms with Gasteiger partial charge in [0.2, 0.25) is 0 Å². The van der Waals surface area contributed by atoms with E-state index < -0.39 is 11.9 Å². The molecule has 158 valence electrons. The number of halogens is 1. The fourth-order valence-corrected chi connectivity index (χ4v) is 3.77. The van der Waals surface area contributed by atoms with Crippen molar-refractivity contribution >= 4 is 40.8 Å². The van der Waals surface area contributed by atoms with Gasteiger partial charge < -0.3 is 20.1 Å². The van der Waals surface area contributed by atoms with E-state index >= 15 is 0 Å². The van der Waals surface area contributed by atoms with Crippen LogP contribution in [0.15, 0.2) is 42.5 Å². The van der Waals surface area contributed by atoms with Crippen molar-refractivity contribution in [3.05, 3.63) is 58.6 Å². The molecule has 2 aromatic carbocycles. The highest BCUT2D eigenvalue weighted by atomic mass is 35.5. The first-order chi connectivity index (χ1) is 14.4. The zero-order chi connectivity index (χ0) is 21.7. The van der Waals surface area contributed by atoms with Crippen LogP contribution in [0.25, 0.3) is 0 Å². The molecule has 1 heterocycles. The lowest BCUT2D eigenvalue weighted by Gasteiger charge is -2.34. The van der Waals surface area contributed by atoms with E-state index in [-0.39, 0.29) is 17.5 Å². The topological polar surface area (TPSA) is 95.9 Å². The third-order valence-corrected chi connectivity index (χ3v) is 5.31. The molecule has 1 fully saturated rings. The molecule has 1 aliphatic heterocycles. The smallest absolute Gasteiger partial charge is 0.337 e. The number of amides is 1. The number of carbonyl (C=O) groups is 3. The molecule has 1 aliphatic rings. The Morgan fingerprint density at radius 2 is 1.97 bits per heavy atom. The summed E-state index contributed by atoms with van der Waals surface area (Å²) in [5.74, 6) is -2.09. The first-order valence-corrected chi connectivity index (χ1v) is 10.1. The second kappa shape index (κ2) is 9.63. The molecule has 8 heteroatoms. The quantitative estimate of drug-likeness (QED) is 0.670. The lowest BCUT2D eigenvalue weighted by Crippen LogP contribution is -2.40. The highest BCUT2D eigenvalue weighted by molar-refractivity contribution is 6.34. The zero-order valence-corrected chi connectivity index (χ0v) is 17.3. The number of anilines is 2. The highest BCUT2D eigenvalue weighted by Crippen LogP contribution is 2.30. The number of carboxylic acids is 1. The number of benzene rings is 2. The molecule has 0 aromatic heterocycles. The van der Waals surface area contributed by atoms with Crippen LogP contribution in [0.5, 0.6) is 0 Å². The van der Waals surface area contributed by atoms with Gasteiger partial charge in [0, 0.05) is 18.8 Å². The highest BCUT2D eigenvalue weighted by Gasteiger charge is 2.29. The first kappa shape index (κ1) is 21.6. The lowest BCUT2D eigenvalue weighted by molar-refractivity contribution is -0.148. The van der Waals surface area contributed by atoms with Crippen molar-refractivity contribution in [1.82, 2.24) is 0 Å². The van der Waals surface area contributed by atoms with Crippen molar-refractivity contribution in [3.8, 4) is 0 Å². The minimum atomic E-state index is -1.11. The summed E-state index contributed by atoms with van der Waals surface area (Å²) in [6.45, 7) is 3.11. The van der Waals surface area contributed by atoms with Gasteiger partial charge in [-0.3, -0.25) is 9.59 Å². The molecular formula is C22H23ClN2O5. The number of nitrogens with zero attached hydrogens (tertiary/aromatic N) is 1. The van der Waals surface area contributed by atoms with Crippen LogP contribution in [-0.2, 0) is 9.53 Å². The van der Waals surface area contributed by atoms with Crippen LogP contribution in [0.1, 0.15) is 40.5 Å². The van der Waals surface area contributed by atoms with Gasteiger partial charge in [-0.05, 0) is 50.1 Å². The normalized spacial score (nSPS) is 16.1. The van der Waals surface area contributed by atoms with Crippen molar-refractivity contribution < 1.29 is 24.2 Å². The van der Waals surface area contributed by atoms with Gasteiger partial charge >= 0.3 is 11.9 Å². The number of aromatic carboxylic acids is 1. The summed E-state index contributed by atoms with van der Waals surface area (Å²) >= 11 is 6.06. The van der Waals surface area contributed by atoms with Crippen molar-refractivity contribution in [3.63, 3.8) is 0 Å². The number of rotatable bonds is 6. The van der Waals surface area contributed by atoms with Crippen molar-refractivity contribution in [2.45, 2.75) is 19.8 Å². The Bertz CT molecular complexity index is 962. The number of esters is 1. The fraction of sp³-hybridized carbons (Fsp3) is 0.318. The van der Waals surface area contributed by atoms with Crippen LogP contribution in [0, 0.1) is 5.92 Å². The summed E-state index contributed by atoms with van der Waals surface area (Å²) in [7, 11) is 0. The molecule has 0 radical (unpaired) electrons. The predicted octanol–water partition coefficient (Wildman–Crippen LogP) is 4.07. The molecule has 2 aromatic rings. The van der Waals surface area contributed by atoms with Gasteiger partial charge in [-0.2, -0.15) is 0 Å². The summed E-state index contributed by atoms with van der Waals surface area (Å²) in [6, 6.07) is 11.3. The Balaban J connectivity index is 1.82. The number of piperidine rings is 1. The Labute approximate surface area is 179 Å². The van der Waals surface area contributed by atoms with Crippen molar-refractivity contribution in [2.75, 3.05) is 29.9 Å². The summed E-state index contributed by atoms with van der Waals surface area (Å²) in [4.78, 5) is 38.4. The number of hydrogen-bond acceptors (Lipinski definition) is 5. The zero-order valence-electron chi connectivity index (χ0n) is 16.6. The van der Waals surface area contributed by atoms with Gasteiger partial charge in [-0.15, -0.1) is 0 Å². The Morgan fingerprint density at radius 1 is 1.20 bits per heavy atom. The predicted molar refractivity (Wildman–Crippen MR) is 114 cm³/mol. The standard InChI is InChI=1S/C22H23ClN2O5/c1-2-30-22(29)14-6-5-11-25(13-14)19-10-9-15(12-17(19)21(27)28)24-20(26)16-7-3-4-8-18(16)23/h3-4,7-10,12,14H,2,5-6,11,13H2,1H3,(H,24,26)(H,27,28). The molecule has 1 saturated heterocycles. The van der Waals surface area contributed by atoms with Crippen LogP contribution in [0.3, 0.4) is 0 Å². The third-order valence-electron chi connectivity index (χ3n) is 4.99. The van der Waals surface area contributed by atoms with Gasteiger partial charge in [0.1, 0.15) is 0 Å². The van der Waals surface area contributed by atoms with Crippen LogP contribution in [0.4, 0.5) is 11.4 Å². The molecule has 1 atom stereocenters. The number of carboxylic acid groups (broad SMARTS) is 1. The summed E-state index contributed by atoms with van der Waals surface area (Å²) in [5.41, 5.74) is 1.21. The van der Waals surface area contributed by atoms with Crippen molar-refractivity contribution in [2.24, 2.45) is 5.92 Å². The van der Waals surface area contributed by atoms with Gasteiger partial charge in [0.05, 0.1) is 34.4 Å². The average molecular weight is 431 g/mol. The molecule has 30 heavy (non-hydrogen) atoms. The first-order valence-electron chi connectivity index (χ1n) is 9.75. The van der Waals surface area contributed by atoms with E-state index in [0.717, 1.165) is 6.42 Å². The average Bonchev–Trinajstić information content (AvgIpc) is 2.74. The number of hydrogen-bond donors (Lipinski definition) is 2. The van der Waals surface area contributed by atoms with Crippen LogP contribution >= 0.6 is 11.6 Å². The largest absolute Gasteiger partial charge is 0.478 e. The molecule has 0 saturated carbocycles. The Morgan fingerprint density at radius 3 is 2.67 bits per heavy atom. The minimum absolute atomic E-state index is 0.0523. The summed E-state index contributed by atoms with van der Waals surface area (Å²) in [5, 5.41) is 12.7. The molecule has 1 unspecified atom stereocenters. The number of ether oxygens (including phenoxy) is 1. The SMILES string of the molecule is CCOC(=O)C1CCCN(c2ccc(NC(=O)c3ccccc3Cl)cc2C(=O)O)C1. The Kier molecular flexibility index (Phi) is 6.95. The molecule has 7 nitrogen and oxygen atoms in total. The second-order valence-electron chi connectivity index (χ2n) is 7.01. The maximum Gasteiger partial charge on any atom is 0.337 e. The van der Waals surface area contributed by atoms with Crippen LogP contribution in [0.2, 0.25) is 5.02 Å². The van der Waals surface area contributed by atoms with E-state index in [4.69, 9.17) is 16.3 Å². The molecular weight excluding hydrogens is 408 g/mol. The molecule has 1 amide bonds. The number of nitrogens with one attached hydrogen (secondary N) is 1. The van der Waals surface area contributed by atoms with E-state index in [0.29, 0.717) is 48.1 Å². The van der Waals surface area contributed by atoms with Gasteiger partial charge in [-0.1, -0.05) is 23.7 Å². The van der Waals surface area contributed by atoms with E-state index in [1.807, 2.05) is 4.90 Å². The Hall–Kier alpha value is -3.06. The fourth-order valence-electron chi connectivity index (χ4n) is 3.55. The van der Waals surface area contributed by atoms with Crippen LogP contribution in [-0.4, -0.2) is 42.6 Å². The van der Waals surface area contributed by atoms with Gasteiger partial charge in [0.25, 0.3) is 5.91 Å². The summed E-state index contributed by atoms with van der Waals surface area (Å²) < 4.78 is 5.12. The van der Waals surface area contributed by atoms with Gasteiger partial charge in [0.15, 0.2) is 0 Å². The van der Waals surface area contributed by atoms with Gasteiger partial charge in [-0.25, -0.2) is 4.79 Å². The lowest BCUT2D eigenvalue weighted by atomic mass is 9.96. The van der Waals surface area contributed by atoms with E-state index in [9.17, 15) is 19.5 Å². The molecule has 3 rings (SSSR count). The third kappa shape index (κ3) is 4.91.